The second-order valence-corrected chi connectivity index (χ2v) is 27.2. The highest BCUT2D eigenvalue weighted by Gasteiger charge is 2.14. The Balaban J connectivity index is 1.31. The third kappa shape index (κ3) is 26.8. The van der Waals surface area contributed by atoms with E-state index < -0.39 is 0 Å². The van der Waals surface area contributed by atoms with Crippen LogP contribution in [0.25, 0.3) is 66.5 Å². The van der Waals surface area contributed by atoms with Crippen molar-refractivity contribution in [2.24, 2.45) is 0 Å². The molecule has 0 amide bonds. The predicted octanol–water partition coefficient (Wildman–Crippen LogP) is 26.6. The molecule has 0 saturated carbocycles. The molecule has 6 nitrogen and oxygen atoms in total. The molecule has 4 aromatic heterocycles. The maximum Gasteiger partial charge on any atom is 0.0781 e. The Morgan fingerprint density at radius 1 is 0.194 bits per heavy atom. The Hall–Kier alpha value is -6.27. The van der Waals surface area contributed by atoms with Gasteiger partial charge in [0.2, 0.25) is 0 Å². The molecule has 504 valence electrons. The molecule has 0 saturated heterocycles. The summed E-state index contributed by atoms with van der Waals surface area (Å²) in [5.74, 6) is 0. The highest BCUT2D eigenvalue weighted by molar-refractivity contribution is 5.86. The SMILES string of the molecule is CCCCCCCCN(CCCCCCCC)c1ccc(-c2nc3ccc(cc3)c(-c3ccc(N(CCCCCCCC)CCCCCCCC)cc3)nc3ccc(cc3)c(-c3ccc(N(CCCCCCCC)CCCCCCCC)cc3)nc3ccc2cc3)cc1. The molecular weight excluding hydrogens is 1130 g/mol. The molecule has 0 radical (unpaired) electrons. The number of hydrogen-bond acceptors (Lipinski definition) is 6. The molecule has 10 rings (SSSR count). The maximum atomic E-state index is 5.57. The number of anilines is 3. The van der Waals surface area contributed by atoms with Crippen LogP contribution in [0.1, 0.15) is 273 Å². The van der Waals surface area contributed by atoms with Gasteiger partial charge in [0.15, 0.2) is 0 Å². The van der Waals surface area contributed by atoms with Gasteiger partial charge in [0.1, 0.15) is 0 Å². The van der Waals surface area contributed by atoms with Crippen LogP contribution < -0.4 is 14.7 Å². The smallest absolute Gasteiger partial charge is 0.0781 e. The monoisotopic (exact) mass is 1260 g/mol. The van der Waals surface area contributed by atoms with Crippen LogP contribution in [0.5, 0.6) is 0 Å². The Morgan fingerprint density at radius 3 is 0.548 bits per heavy atom. The van der Waals surface area contributed by atoms with E-state index in [-0.39, 0.29) is 0 Å². The van der Waals surface area contributed by atoms with Crippen LogP contribution in [-0.2, 0) is 0 Å². The number of aromatic nitrogens is 3. The molecule has 10 aromatic rings. The fourth-order valence-corrected chi connectivity index (χ4v) is 13.5. The van der Waals surface area contributed by atoms with Gasteiger partial charge in [-0.05, 0) is 111 Å². The Kier molecular flexibility index (Phi) is 36.0. The molecule has 0 fully saturated rings. The van der Waals surface area contributed by atoms with Crippen molar-refractivity contribution in [3.8, 4) is 33.8 Å². The van der Waals surface area contributed by atoms with Gasteiger partial charge in [-0.25, -0.2) is 15.0 Å². The molecule has 0 spiro atoms. The topological polar surface area (TPSA) is 48.4 Å². The van der Waals surface area contributed by atoms with E-state index in [1.165, 1.54) is 248 Å². The molecule has 6 bridgehead atoms. The van der Waals surface area contributed by atoms with E-state index >= 15 is 0 Å². The fourth-order valence-electron chi connectivity index (χ4n) is 13.5. The van der Waals surface area contributed by atoms with Crippen LogP contribution >= 0.6 is 0 Å². The summed E-state index contributed by atoms with van der Waals surface area (Å²) >= 11 is 0. The molecule has 6 aromatic carbocycles. The summed E-state index contributed by atoms with van der Waals surface area (Å²) < 4.78 is 0. The first-order valence-corrected chi connectivity index (χ1v) is 38.6. The van der Waals surface area contributed by atoms with Crippen LogP contribution in [0.2, 0.25) is 0 Å². The van der Waals surface area contributed by atoms with Crippen molar-refractivity contribution in [2.75, 3.05) is 54.0 Å². The zero-order chi connectivity index (χ0) is 65.2. The van der Waals surface area contributed by atoms with Crippen molar-refractivity contribution in [1.82, 2.24) is 15.0 Å². The third-order valence-corrected chi connectivity index (χ3v) is 19.4. The first kappa shape index (κ1) is 74.1. The molecule has 0 unspecified atom stereocenters. The summed E-state index contributed by atoms with van der Waals surface area (Å²) in [5.41, 5.74) is 12.9. The second-order valence-electron chi connectivity index (χ2n) is 27.2. The van der Waals surface area contributed by atoms with Crippen molar-refractivity contribution in [3.63, 3.8) is 0 Å². The van der Waals surface area contributed by atoms with Crippen LogP contribution in [0.4, 0.5) is 17.1 Å². The zero-order valence-electron chi connectivity index (χ0n) is 59.7. The average Bonchev–Trinajstić information content (AvgIpc) is 0.925. The lowest BCUT2D eigenvalue weighted by Crippen LogP contribution is -2.25. The molecule has 0 N–H and O–H groups in total. The van der Waals surface area contributed by atoms with Crippen molar-refractivity contribution in [2.45, 2.75) is 273 Å². The van der Waals surface area contributed by atoms with Gasteiger partial charge in [0.05, 0.1) is 33.6 Å². The molecule has 4 heterocycles. The molecule has 0 aliphatic rings. The number of hydrogen-bond donors (Lipinski definition) is 0. The Labute approximate surface area is 567 Å². The minimum Gasteiger partial charge on any atom is -0.372 e. The third-order valence-electron chi connectivity index (χ3n) is 19.4. The first-order valence-electron chi connectivity index (χ1n) is 38.6. The number of rotatable bonds is 48. The number of benzene rings is 6. The Bertz CT molecular complexity index is 2750. The number of nitrogens with zero attached hydrogens (tertiary/aromatic N) is 6. The first-order chi connectivity index (χ1) is 45.9. The molecule has 93 heavy (non-hydrogen) atoms. The lowest BCUT2D eigenvalue weighted by Gasteiger charge is -2.25. The highest BCUT2D eigenvalue weighted by atomic mass is 15.1. The largest absolute Gasteiger partial charge is 0.372 e. The van der Waals surface area contributed by atoms with Gasteiger partial charge in [-0.1, -0.05) is 307 Å². The van der Waals surface area contributed by atoms with E-state index in [9.17, 15) is 0 Å². The Morgan fingerprint density at radius 2 is 0.366 bits per heavy atom. The summed E-state index contributed by atoms with van der Waals surface area (Å²) in [6.07, 6.45) is 47.1. The van der Waals surface area contributed by atoms with Crippen LogP contribution in [0, 0.1) is 0 Å². The van der Waals surface area contributed by atoms with Crippen molar-refractivity contribution >= 4 is 49.8 Å². The fraction of sp³-hybridized carbons (Fsp3) is 0.552. The molecule has 0 aliphatic carbocycles. The van der Waals surface area contributed by atoms with E-state index in [0.717, 1.165) is 106 Å². The summed E-state index contributed by atoms with van der Waals surface area (Å²) in [5, 5.41) is 3.20. The van der Waals surface area contributed by atoms with Gasteiger partial charge in [0, 0.05) is 89.2 Å². The van der Waals surface area contributed by atoms with Gasteiger partial charge < -0.3 is 14.7 Å². The van der Waals surface area contributed by atoms with Gasteiger partial charge in [-0.2, -0.15) is 0 Å². The number of fused-ring (bicyclic) bond motifs is 3. The minimum atomic E-state index is 0.913. The van der Waals surface area contributed by atoms with Crippen molar-refractivity contribution in [1.29, 1.82) is 0 Å². The standard InChI is InChI=1S/C87H126N6/c1-7-13-19-25-31-37-67-91(68-38-32-26-20-14-8-2)82-61-49-76(50-62-82)85-73-43-55-80(56-44-73)89-87(78-53-65-84(66-54-78)93(71-41-35-29-23-17-11-5)72-42-36-30-24-18-12-6)75-47-59-81(60-48-75)90-86(74-45-57-79(88-85)58-46-74)77-51-63-83(64-52-77)92(69-39-33-27-21-15-9-3)70-40-34-28-22-16-10-4/h43-66H,7-42,67-72H2,1-6H3. The van der Waals surface area contributed by atoms with Gasteiger partial charge >= 0.3 is 0 Å². The lowest BCUT2D eigenvalue weighted by atomic mass is 10.0. The molecular formula is C87H126N6. The van der Waals surface area contributed by atoms with Crippen LogP contribution in [0.15, 0.2) is 146 Å². The van der Waals surface area contributed by atoms with Gasteiger partial charge in [0.25, 0.3) is 0 Å². The average molecular weight is 1260 g/mol. The van der Waals surface area contributed by atoms with E-state index in [0.29, 0.717) is 0 Å². The van der Waals surface area contributed by atoms with Crippen LogP contribution in [-0.4, -0.2) is 54.2 Å². The van der Waals surface area contributed by atoms with E-state index in [2.05, 4.69) is 202 Å². The van der Waals surface area contributed by atoms with Crippen LogP contribution in [0.3, 0.4) is 0 Å². The van der Waals surface area contributed by atoms with Crippen molar-refractivity contribution < 1.29 is 0 Å². The maximum absolute atomic E-state index is 5.57. The summed E-state index contributed by atoms with van der Waals surface area (Å²) in [7, 11) is 0. The summed E-state index contributed by atoms with van der Waals surface area (Å²) in [6.45, 7) is 20.5. The molecule has 0 atom stereocenters. The highest BCUT2D eigenvalue weighted by Crippen LogP contribution is 2.32. The van der Waals surface area contributed by atoms with Crippen molar-refractivity contribution in [3.05, 3.63) is 146 Å². The van der Waals surface area contributed by atoms with Gasteiger partial charge in [-0.3, -0.25) is 0 Å². The predicted molar refractivity (Wildman–Crippen MR) is 412 cm³/mol. The minimum absolute atomic E-state index is 0.913. The normalized spacial score (nSPS) is 11.4. The zero-order valence-corrected chi connectivity index (χ0v) is 59.7. The lowest BCUT2D eigenvalue weighted by molar-refractivity contribution is 0.575. The molecule has 6 heteroatoms. The second kappa shape index (κ2) is 45.2. The number of unbranched alkanes of at least 4 members (excludes halogenated alkanes) is 30. The molecule has 0 aliphatic heterocycles. The summed E-state index contributed by atoms with van der Waals surface area (Å²) in [4.78, 5) is 24.7. The summed E-state index contributed by atoms with van der Waals surface area (Å²) in [6, 6.07) is 54.6. The van der Waals surface area contributed by atoms with E-state index in [1.54, 1.807) is 0 Å². The quantitative estimate of drug-likeness (QED) is 0.0354. The van der Waals surface area contributed by atoms with E-state index in [1.807, 2.05) is 0 Å². The van der Waals surface area contributed by atoms with Gasteiger partial charge in [-0.15, -0.1) is 0 Å². The van der Waals surface area contributed by atoms with E-state index in [4.69, 9.17) is 15.0 Å².